The van der Waals surface area contributed by atoms with Crippen LogP contribution in [0.1, 0.15) is 72.6 Å². The predicted octanol–water partition coefficient (Wildman–Crippen LogP) is 4.43. The van der Waals surface area contributed by atoms with E-state index in [2.05, 4.69) is 20.8 Å². The molecule has 0 aromatic rings. The van der Waals surface area contributed by atoms with Gasteiger partial charge in [-0.15, -0.1) is 0 Å². The number of unbranched alkanes of at least 4 members (excludes halogenated alkanes) is 1. The number of fused-ring (bicyclic) bond motifs is 2. The molecule has 1 saturated carbocycles. The molecule has 0 aromatic carbocycles. The first-order valence-corrected chi connectivity index (χ1v) is 9.70. The standard InChI is InChI=1S/C19H32O4/c1-5-6-7-16-13(3)15-9-8-12(2)14-10-11-18(4)21-17(20-16)19(14,15)23-22-18/h12-17H,5-11H2,1-4H3/t12?,13-,14?,15?,16?,17?,18+,19?/m1/s1. The molecule has 0 N–H and O–H groups in total. The first kappa shape index (κ1) is 16.3. The minimum absolute atomic E-state index is 0.264. The normalized spacial score (nSPS) is 55.3. The highest BCUT2D eigenvalue weighted by Crippen LogP contribution is 2.60. The monoisotopic (exact) mass is 324 g/mol. The molecule has 4 heterocycles. The average Bonchev–Trinajstić information content (AvgIpc) is 2.76. The summed E-state index contributed by atoms with van der Waals surface area (Å²) in [5.74, 6) is 1.46. The van der Waals surface area contributed by atoms with Crippen molar-refractivity contribution >= 4 is 0 Å². The van der Waals surface area contributed by atoms with E-state index in [4.69, 9.17) is 19.2 Å². The van der Waals surface area contributed by atoms with Crippen LogP contribution < -0.4 is 0 Å². The zero-order valence-electron chi connectivity index (χ0n) is 15.0. The van der Waals surface area contributed by atoms with E-state index in [0.29, 0.717) is 23.7 Å². The molecule has 1 spiro atoms. The number of ether oxygens (including phenoxy) is 2. The van der Waals surface area contributed by atoms with Crippen molar-refractivity contribution < 1.29 is 19.2 Å². The Balaban J connectivity index is 1.70. The van der Waals surface area contributed by atoms with Crippen LogP contribution in [0.3, 0.4) is 0 Å². The molecule has 0 aromatic heterocycles. The zero-order chi connectivity index (χ0) is 16.2. The average molecular weight is 324 g/mol. The van der Waals surface area contributed by atoms with Gasteiger partial charge in [-0.3, -0.25) is 0 Å². The summed E-state index contributed by atoms with van der Waals surface area (Å²) in [6, 6.07) is 0. The van der Waals surface area contributed by atoms with Gasteiger partial charge in [0.15, 0.2) is 11.9 Å². The van der Waals surface area contributed by atoms with Crippen molar-refractivity contribution in [3.8, 4) is 0 Å². The molecular weight excluding hydrogens is 292 g/mol. The quantitative estimate of drug-likeness (QED) is 0.720. The van der Waals surface area contributed by atoms with Gasteiger partial charge >= 0.3 is 0 Å². The Hall–Kier alpha value is -0.160. The Morgan fingerprint density at radius 2 is 1.87 bits per heavy atom. The Kier molecular flexibility index (Phi) is 4.03. The van der Waals surface area contributed by atoms with Crippen molar-refractivity contribution in [2.45, 2.75) is 96.4 Å². The van der Waals surface area contributed by atoms with E-state index in [1.807, 2.05) is 6.92 Å². The van der Waals surface area contributed by atoms with Crippen LogP contribution >= 0.6 is 0 Å². The van der Waals surface area contributed by atoms with Gasteiger partial charge in [0.05, 0.1) is 6.10 Å². The molecule has 5 aliphatic rings. The van der Waals surface area contributed by atoms with E-state index in [-0.39, 0.29) is 12.4 Å². The molecule has 0 amide bonds. The molecule has 4 aliphatic heterocycles. The molecule has 0 radical (unpaired) electrons. The molecule has 1 aliphatic carbocycles. The topological polar surface area (TPSA) is 36.9 Å². The minimum Gasteiger partial charge on any atom is -0.346 e. The van der Waals surface area contributed by atoms with Crippen molar-refractivity contribution in [3.05, 3.63) is 0 Å². The molecule has 4 nitrogen and oxygen atoms in total. The summed E-state index contributed by atoms with van der Waals surface area (Å²) in [4.78, 5) is 12.0. The highest BCUT2D eigenvalue weighted by Gasteiger charge is 2.69. The number of rotatable bonds is 3. The van der Waals surface area contributed by atoms with Gasteiger partial charge in [-0.05, 0) is 50.4 Å². The van der Waals surface area contributed by atoms with Gasteiger partial charge in [0.1, 0.15) is 0 Å². The number of hydrogen-bond acceptors (Lipinski definition) is 4. The molecule has 4 heteroatoms. The fourth-order valence-electron chi connectivity index (χ4n) is 5.71. The minimum atomic E-state index is -0.645. The van der Waals surface area contributed by atoms with E-state index >= 15 is 0 Å². The molecule has 2 bridgehead atoms. The Bertz CT molecular complexity index is 455. The maximum atomic E-state index is 6.53. The van der Waals surface area contributed by atoms with Crippen molar-refractivity contribution in [1.29, 1.82) is 0 Å². The molecule has 132 valence electrons. The second-order valence-corrected chi connectivity index (χ2v) is 8.59. The van der Waals surface area contributed by atoms with Gasteiger partial charge in [-0.2, -0.15) is 0 Å². The Morgan fingerprint density at radius 1 is 1.04 bits per heavy atom. The molecular formula is C19H32O4. The van der Waals surface area contributed by atoms with Gasteiger partial charge in [0.2, 0.25) is 5.79 Å². The molecule has 23 heavy (non-hydrogen) atoms. The first-order valence-electron chi connectivity index (χ1n) is 9.70. The lowest BCUT2D eigenvalue weighted by atomic mass is 9.57. The third-order valence-corrected chi connectivity index (χ3v) is 7.14. The molecule has 6 unspecified atom stereocenters. The van der Waals surface area contributed by atoms with Crippen LogP contribution in [0.15, 0.2) is 0 Å². The van der Waals surface area contributed by atoms with Crippen LogP contribution in [0.4, 0.5) is 0 Å². The maximum absolute atomic E-state index is 6.53. The Labute approximate surface area is 140 Å². The lowest BCUT2D eigenvalue weighted by Crippen LogP contribution is -2.70. The van der Waals surface area contributed by atoms with Gasteiger partial charge in [0.25, 0.3) is 0 Å². The molecule has 5 rings (SSSR count). The smallest absolute Gasteiger partial charge is 0.201 e. The lowest BCUT2D eigenvalue weighted by molar-refractivity contribution is -0.571. The van der Waals surface area contributed by atoms with Crippen molar-refractivity contribution in [2.24, 2.45) is 23.7 Å². The highest BCUT2D eigenvalue weighted by molar-refractivity contribution is 5.09. The van der Waals surface area contributed by atoms with Crippen LogP contribution in [-0.2, 0) is 19.2 Å². The largest absolute Gasteiger partial charge is 0.346 e. The van der Waals surface area contributed by atoms with Crippen LogP contribution in [-0.4, -0.2) is 23.8 Å². The van der Waals surface area contributed by atoms with Crippen LogP contribution in [0, 0.1) is 23.7 Å². The second-order valence-electron chi connectivity index (χ2n) is 8.59. The van der Waals surface area contributed by atoms with Crippen molar-refractivity contribution in [2.75, 3.05) is 0 Å². The van der Waals surface area contributed by atoms with Crippen LogP contribution in [0.5, 0.6) is 0 Å². The summed E-state index contributed by atoms with van der Waals surface area (Å²) in [6.45, 7) is 8.96. The summed E-state index contributed by atoms with van der Waals surface area (Å²) in [5.41, 5.74) is -0.393. The summed E-state index contributed by atoms with van der Waals surface area (Å²) in [5, 5.41) is 0. The fraction of sp³-hybridized carbons (Fsp3) is 1.00. The van der Waals surface area contributed by atoms with Crippen LogP contribution in [0.25, 0.3) is 0 Å². The fourth-order valence-corrected chi connectivity index (χ4v) is 5.71. The first-order chi connectivity index (χ1) is 11.0. The van der Waals surface area contributed by atoms with Gasteiger partial charge < -0.3 is 9.47 Å². The van der Waals surface area contributed by atoms with Gasteiger partial charge in [0, 0.05) is 12.3 Å². The summed E-state index contributed by atoms with van der Waals surface area (Å²) >= 11 is 0. The molecule has 8 atom stereocenters. The van der Waals surface area contributed by atoms with E-state index in [9.17, 15) is 0 Å². The second kappa shape index (κ2) is 5.69. The van der Waals surface area contributed by atoms with Gasteiger partial charge in [-0.25, -0.2) is 9.78 Å². The van der Waals surface area contributed by atoms with E-state index < -0.39 is 11.4 Å². The van der Waals surface area contributed by atoms with Crippen molar-refractivity contribution in [3.63, 3.8) is 0 Å². The Morgan fingerprint density at radius 3 is 2.65 bits per heavy atom. The molecule has 4 saturated heterocycles. The SMILES string of the molecule is CCCCC1OC2O[C@]3(C)CCC4C(C)CCC([C@H]1C)C24OO3. The number of hydrogen-bond donors (Lipinski definition) is 0. The molecule has 5 fully saturated rings. The van der Waals surface area contributed by atoms with Crippen LogP contribution in [0.2, 0.25) is 0 Å². The predicted molar refractivity (Wildman–Crippen MR) is 86.4 cm³/mol. The van der Waals surface area contributed by atoms with E-state index in [0.717, 1.165) is 19.3 Å². The highest BCUT2D eigenvalue weighted by atomic mass is 17.3. The maximum Gasteiger partial charge on any atom is 0.201 e. The van der Waals surface area contributed by atoms with Gasteiger partial charge in [-0.1, -0.05) is 33.6 Å². The van der Waals surface area contributed by atoms with E-state index in [1.165, 1.54) is 25.7 Å². The third kappa shape index (κ3) is 2.32. The third-order valence-electron chi connectivity index (χ3n) is 7.14. The summed E-state index contributed by atoms with van der Waals surface area (Å²) in [7, 11) is 0. The van der Waals surface area contributed by atoms with E-state index in [1.54, 1.807) is 0 Å². The summed E-state index contributed by atoms with van der Waals surface area (Å²) in [6.07, 6.45) is 8.07. The lowest BCUT2D eigenvalue weighted by Gasteiger charge is -2.60. The zero-order valence-corrected chi connectivity index (χ0v) is 15.0. The summed E-state index contributed by atoms with van der Waals surface area (Å²) < 4.78 is 12.9. The van der Waals surface area contributed by atoms with Crippen molar-refractivity contribution in [1.82, 2.24) is 0 Å².